The van der Waals surface area contributed by atoms with Crippen molar-refractivity contribution < 1.29 is 4.79 Å². The molecule has 1 N–H and O–H groups in total. The van der Waals surface area contributed by atoms with Crippen molar-refractivity contribution >= 4 is 16.9 Å². The van der Waals surface area contributed by atoms with Crippen LogP contribution in [-0.4, -0.2) is 49.4 Å². The Morgan fingerprint density at radius 1 is 1.17 bits per heavy atom. The monoisotopic (exact) mass is 402 g/mol. The molecule has 7 heteroatoms. The summed E-state index contributed by atoms with van der Waals surface area (Å²) in [7, 11) is 3.70. The Kier molecular flexibility index (Phi) is 5.35. The highest BCUT2D eigenvalue weighted by Crippen LogP contribution is 2.23. The number of hydrogen-bond acceptors (Lipinski definition) is 4. The Hall–Kier alpha value is -3.48. The van der Waals surface area contributed by atoms with E-state index in [2.05, 4.69) is 26.3 Å². The van der Waals surface area contributed by atoms with Gasteiger partial charge in [0.1, 0.15) is 0 Å². The number of carbonyl (C=O) groups is 1. The summed E-state index contributed by atoms with van der Waals surface area (Å²) in [5, 5.41) is 12.8. The lowest BCUT2D eigenvalue weighted by Gasteiger charge is -2.18. The van der Waals surface area contributed by atoms with Gasteiger partial charge in [-0.25, -0.2) is 4.98 Å². The predicted octanol–water partition coefficient (Wildman–Crippen LogP) is 3.68. The molecule has 3 heterocycles. The van der Waals surface area contributed by atoms with Gasteiger partial charge >= 0.3 is 0 Å². The minimum Gasteiger partial charge on any atom is -0.342 e. The molecule has 4 rings (SSSR count). The smallest absolute Gasteiger partial charge is 0.254 e. The molecule has 0 unspecified atom stereocenters. The number of benzene rings is 1. The minimum atomic E-state index is -0.00353. The first-order valence-electron chi connectivity index (χ1n) is 10.1. The van der Waals surface area contributed by atoms with Gasteiger partial charge in [0.05, 0.1) is 22.3 Å². The second kappa shape index (κ2) is 8.10. The lowest BCUT2D eigenvalue weighted by Crippen LogP contribution is -2.28. The van der Waals surface area contributed by atoms with E-state index in [0.717, 1.165) is 52.2 Å². The molecule has 0 aliphatic heterocycles. The highest BCUT2D eigenvalue weighted by atomic mass is 16.2. The number of fused-ring (bicyclic) bond motifs is 1. The molecule has 4 aromatic rings. The van der Waals surface area contributed by atoms with E-state index in [1.807, 2.05) is 64.3 Å². The number of carbonyl (C=O) groups excluding carboxylic acids is 1. The molecule has 7 nitrogen and oxygen atoms in total. The number of aromatic amines is 1. The Morgan fingerprint density at radius 3 is 2.70 bits per heavy atom. The first-order chi connectivity index (χ1) is 14.4. The van der Waals surface area contributed by atoms with E-state index in [9.17, 15) is 4.79 Å². The van der Waals surface area contributed by atoms with Crippen LogP contribution in [0.3, 0.4) is 0 Å². The molecule has 0 spiro atoms. The molecule has 3 aromatic heterocycles. The number of rotatable bonds is 6. The zero-order valence-electron chi connectivity index (χ0n) is 17.8. The second-order valence-electron chi connectivity index (χ2n) is 7.69. The summed E-state index contributed by atoms with van der Waals surface area (Å²) < 4.78 is 1.73. The van der Waals surface area contributed by atoms with Crippen molar-refractivity contribution in [3.05, 3.63) is 65.1 Å². The van der Waals surface area contributed by atoms with Crippen LogP contribution in [0.15, 0.2) is 42.5 Å². The molecule has 0 bridgehead atoms. The van der Waals surface area contributed by atoms with Gasteiger partial charge in [0.15, 0.2) is 5.65 Å². The van der Waals surface area contributed by atoms with Crippen molar-refractivity contribution in [2.24, 2.45) is 7.05 Å². The van der Waals surface area contributed by atoms with Crippen molar-refractivity contribution in [1.29, 1.82) is 0 Å². The van der Waals surface area contributed by atoms with E-state index < -0.39 is 0 Å². The largest absolute Gasteiger partial charge is 0.342 e. The zero-order valence-corrected chi connectivity index (χ0v) is 17.8. The third-order valence-electron chi connectivity index (χ3n) is 5.31. The molecular formula is C23H26N6O. The van der Waals surface area contributed by atoms with Crippen LogP contribution in [-0.2, 0) is 13.5 Å². The van der Waals surface area contributed by atoms with Gasteiger partial charge in [0, 0.05) is 37.6 Å². The van der Waals surface area contributed by atoms with Crippen molar-refractivity contribution in [2.45, 2.75) is 26.7 Å². The van der Waals surface area contributed by atoms with Gasteiger partial charge < -0.3 is 4.90 Å². The molecule has 0 aliphatic carbocycles. The van der Waals surface area contributed by atoms with Gasteiger partial charge in [-0.2, -0.15) is 10.2 Å². The number of amides is 1. The van der Waals surface area contributed by atoms with Crippen LogP contribution in [0.1, 0.15) is 33.9 Å². The summed E-state index contributed by atoms with van der Waals surface area (Å²) >= 11 is 0. The van der Waals surface area contributed by atoms with Crippen LogP contribution < -0.4 is 0 Å². The van der Waals surface area contributed by atoms with Crippen molar-refractivity contribution in [2.75, 3.05) is 13.6 Å². The number of aromatic nitrogens is 5. The maximum atomic E-state index is 13.1. The number of nitrogens with zero attached hydrogens (tertiary/aromatic N) is 5. The van der Waals surface area contributed by atoms with E-state index >= 15 is 0 Å². The predicted molar refractivity (Wildman–Crippen MR) is 117 cm³/mol. The Bertz CT molecular complexity index is 1190. The van der Waals surface area contributed by atoms with Gasteiger partial charge in [0.25, 0.3) is 5.91 Å². The van der Waals surface area contributed by atoms with Crippen LogP contribution in [0.5, 0.6) is 0 Å². The summed E-state index contributed by atoms with van der Waals surface area (Å²) in [5.41, 5.74) is 6.15. The second-order valence-corrected chi connectivity index (χ2v) is 7.69. The topological polar surface area (TPSA) is 79.7 Å². The minimum absolute atomic E-state index is 0.00353. The fourth-order valence-electron chi connectivity index (χ4n) is 3.80. The summed E-state index contributed by atoms with van der Waals surface area (Å²) in [6, 6.07) is 14.0. The first-order valence-corrected chi connectivity index (χ1v) is 10.1. The number of H-pyrrole nitrogens is 1. The van der Waals surface area contributed by atoms with Crippen molar-refractivity contribution in [3.8, 4) is 11.3 Å². The fraction of sp³-hybridized carbons (Fsp3) is 0.304. The average molecular weight is 403 g/mol. The van der Waals surface area contributed by atoms with Crippen molar-refractivity contribution in [3.63, 3.8) is 0 Å². The number of pyridine rings is 1. The molecule has 1 aromatic carbocycles. The van der Waals surface area contributed by atoms with Crippen LogP contribution in [0.25, 0.3) is 22.3 Å². The van der Waals surface area contributed by atoms with Crippen molar-refractivity contribution in [1.82, 2.24) is 29.9 Å². The molecule has 0 aliphatic rings. The SMILES string of the molecule is Cc1cc(C(=O)N(C)CCCc2cc(-c3ccccc3)n[nH]2)c2c(C)nn(C)c2n1. The molecule has 1 amide bonds. The Balaban J connectivity index is 1.43. The van der Waals surface area contributed by atoms with E-state index in [1.54, 1.807) is 9.58 Å². The molecule has 0 atom stereocenters. The molecule has 0 fully saturated rings. The van der Waals surface area contributed by atoms with E-state index in [-0.39, 0.29) is 5.91 Å². The lowest BCUT2D eigenvalue weighted by atomic mass is 10.1. The van der Waals surface area contributed by atoms with Crippen LogP contribution in [0, 0.1) is 13.8 Å². The molecule has 154 valence electrons. The average Bonchev–Trinajstić information content (AvgIpc) is 3.32. The highest BCUT2D eigenvalue weighted by molar-refractivity contribution is 6.06. The van der Waals surface area contributed by atoms with E-state index in [0.29, 0.717) is 12.1 Å². The van der Waals surface area contributed by atoms with E-state index in [4.69, 9.17) is 0 Å². The normalized spacial score (nSPS) is 11.2. The third kappa shape index (κ3) is 3.83. The maximum absolute atomic E-state index is 13.1. The quantitative estimate of drug-likeness (QED) is 0.534. The number of aryl methyl sites for hydroxylation is 4. The molecule has 0 saturated heterocycles. The molecule has 0 radical (unpaired) electrons. The summed E-state index contributed by atoms with van der Waals surface area (Å²) in [4.78, 5) is 19.5. The van der Waals surface area contributed by atoms with Gasteiger partial charge in [-0.05, 0) is 38.8 Å². The number of nitrogens with one attached hydrogen (secondary N) is 1. The van der Waals surface area contributed by atoms with Crippen LogP contribution >= 0.6 is 0 Å². The standard InChI is InChI=1S/C23H26N6O/c1-15-13-19(21-16(2)27-29(4)22(21)24-15)23(30)28(3)12-8-11-18-14-20(26-25-18)17-9-6-5-7-10-17/h5-7,9-10,13-14H,8,11-12H2,1-4H3,(H,25,26). The third-order valence-corrected chi connectivity index (χ3v) is 5.31. The molecule has 0 saturated carbocycles. The van der Waals surface area contributed by atoms with Gasteiger partial charge in [-0.15, -0.1) is 0 Å². The lowest BCUT2D eigenvalue weighted by molar-refractivity contribution is 0.0795. The molecule has 30 heavy (non-hydrogen) atoms. The summed E-state index contributed by atoms with van der Waals surface area (Å²) in [6.07, 6.45) is 1.67. The Labute approximate surface area is 175 Å². The Morgan fingerprint density at radius 2 is 1.93 bits per heavy atom. The van der Waals surface area contributed by atoms with Gasteiger partial charge in [-0.3, -0.25) is 14.6 Å². The number of hydrogen-bond donors (Lipinski definition) is 1. The van der Waals surface area contributed by atoms with Crippen LogP contribution in [0.2, 0.25) is 0 Å². The summed E-state index contributed by atoms with van der Waals surface area (Å²) in [5.74, 6) is -0.00353. The first kappa shape index (κ1) is 19.8. The fourth-order valence-corrected chi connectivity index (χ4v) is 3.80. The van der Waals surface area contributed by atoms with Gasteiger partial charge in [0.2, 0.25) is 0 Å². The highest BCUT2D eigenvalue weighted by Gasteiger charge is 2.20. The molecular weight excluding hydrogens is 376 g/mol. The van der Waals surface area contributed by atoms with Gasteiger partial charge in [-0.1, -0.05) is 30.3 Å². The maximum Gasteiger partial charge on any atom is 0.254 e. The van der Waals surface area contributed by atoms with Crippen LogP contribution in [0.4, 0.5) is 0 Å². The summed E-state index contributed by atoms with van der Waals surface area (Å²) in [6.45, 7) is 4.47. The zero-order chi connectivity index (χ0) is 21.3. The van der Waals surface area contributed by atoms with E-state index in [1.165, 1.54) is 0 Å².